The van der Waals surface area contributed by atoms with Crippen LogP contribution in [-0.4, -0.2) is 107 Å². The minimum Gasteiger partial charge on any atom is -0.410 e. The van der Waals surface area contributed by atoms with Crippen molar-refractivity contribution in [1.29, 1.82) is 0 Å². The summed E-state index contributed by atoms with van der Waals surface area (Å²) in [6, 6.07) is 0. The Bertz CT molecular complexity index is 2730. The molecule has 0 aliphatic heterocycles. The summed E-state index contributed by atoms with van der Waals surface area (Å²) >= 11 is 11.4. The number of hydrogen-bond acceptors (Lipinski definition) is 6. The van der Waals surface area contributed by atoms with E-state index in [-0.39, 0.29) is 96.0 Å². The van der Waals surface area contributed by atoms with Crippen LogP contribution in [0.25, 0.3) is 0 Å². The van der Waals surface area contributed by atoms with Gasteiger partial charge < -0.3 is 59.3 Å². The summed E-state index contributed by atoms with van der Waals surface area (Å²) in [5, 5.41) is 13.6. The summed E-state index contributed by atoms with van der Waals surface area (Å²) in [7, 11) is -3.77. The number of amides is 2. The van der Waals surface area contributed by atoms with Gasteiger partial charge in [0.1, 0.15) is 6.54 Å². The molecule has 6 aliphatic rings. The average Bonchev–Trinajstić information content (AvgIpc) is 1.59. The van der Waals surface area contributed by atoms with Crippen molar-refractivity contribution in [3.63, 3.8) is 0 Å². The number of aliphatic hydroxyl groups excluding tert-OH is 1. The van der Waals surface area contributed by atoms with E-state index in [2.05, 4.69) is 234 Å². The van der Waals surface area contributed by atoms with Crippen LogP contribution in [0.1, 0.15) is 167 Å². The predicted molar refractivity (Wildman–Crippen MR) is 413 cm³/mol. The molecule has 0 aromatic heterocycles. The molecule has 96 heavy (non-hydrogen) atoms. The van der Waals surface area contributed by atoms with Crippen LogP contribution in [0.15, 0.2) is 94.2 Å². The first kappa shape index (κ1) is 99.1. The molecule has 0 aromatic carbocycles. The second-order valence-electron chi connectivity index (χ2n) is 29.5. The number of alkyl halides is 13. The van der Waals surface area contributed by atoms with E-state index in [1.54, 1.807) is 5.57 Å². The number of nitrogens with one attached hydrogen (secondary N) is 2. The first-order valence-electron chi connectivity index (χ1n) is 32.0. The van der Waals surface area contributed by atoms with E-state index in [0.717, 1.165) is 68.9 Å². The van der Waals surface area contributed by atoms with Gasteiger partial charge in [0, 0.05) is 44.0 Å². The van der Waals surface area contributed by atoms with E-state index in [1.807, 2.05) is 41.8 Å². The molecule has 4 fully saturated rings. The average molecular weight is 1990 g/mol. The molecule has 6 aliphatic carbocycles. The number of allylic oxidation sites excluding steroid dienone is 8. The zero-order valence-corrected chi connectivity index (χ0v) is 74.8. The van der Waals surface area contributed by atoms with Gasteiger partial charge in [-0.2, -0.15) is 30.7 Å². The smallest absolute Gasteiger partial charge is 0.410 e. The molecule has 2 amide bonds. The molecule has 0 saturated heterocycles. The Balaban J connectivity index is 0. The van der Waals surface area contributed by atoms with E-state index in [4.69, 9.17) is 13.6 Å². The van der Waals surface area contributed by atoms with Gasteiger partial charge in [-0.15, -0.1) is 0 Å². The van der Waals surface area contributed by atoms with Gasteiger partial charge in [0.15, 0.2) is 16.6 Å². The number of fused-ring (bicyclic) bond motifs is 2. The van der Waals surface area contributed by atoms with Crippen molar-refractivity contribution in [3.8, 4) is 0 Å². The van der Waals surface area contributed by atoms with E-state index >= 15 is 0 Å². The van der Waals surface area contributed by atoms with E-state index in [0.29, 0.717) is 23.7 Å². The monoisotopic (exact) mass is 1990 g/mol. The van der Waals surface area contributed by atoms with Crippen molar-refractivity contribution in [2.45, 2.75) is 252 Å². The van der Waals surface area contributed by atoms with Crippen molar-refractivity contribution < 1.29 is 105 Å². The van der Waals surface area contributed by atoms with Gasteiger partial charge in [-0.05, 0) is 195 Å². The summed E-state index contributed by atoms with van der Waals surface area (Å²) in [6.07, 6.45) is 20.4. The van der Waals surface area contributed by atoms with Crippen molar-refractivity contribution >= 4 is 135 Å². The van der Waals surface area contributed by atoms with Crippen LogP contribution >= 0.6 is 106 Å². The number of ether oxygens (including phenoxy) is 1. The van der Waals surface area contributed by atoms with Crippen LogP contribution < -0.4 is 10.6 Å². The van der Waals surface area contributed by atoms with E-state index < -0.39 is 78.2 Å². The molecule has 3 N–H and O–H groups in total. The van der Waals surface area contributed by atoms with Gasteiger partial charge in [0.25, 0.3) is 0 Å². The molecule has 2 radical (unpaired) electrons. The van der Waals surface area contributed by atoms with Crippen molar-refractivity contribution in [2.24, 2.45) is 34.5 Å². The van der Waals surface area contributed by atoms with Crippen LogP contribution in [0.5, 0.6) is 0 Å². The third kappa shape index (κ3) is 28.4. The van der Waals surface area contributed by atoms with Crippen molar-refractivity contribution in [2.75, 3.05) is 25.0 Å². The van der Waals surface area contributed by atoms with E-state index in [1.165, 1.54) is 52.4 Å². The third-order valence-electron chi connectivity index (χ3n) is 20.2. The molecule has 26 heteroatoms. The Morgan fingerprint density at radius 1 is 0.688 bits per heavy atom. The van der Waals surface area contributed by atoms with Gasteiger partial charge in [-0.3, -0.25) is 14.5 Å². The fourth-order valence-electron chi connectivity index (χ4n) is 12.7. The van der Waals surface area contributed by atoms with Gasteiger partial charge in [-0.25, -0.2) is 8.78 Å². The topological polar surface area (TPSA) is 106 Å². The second kappa shape index (κ2) is 41.3. The zero-order valence-electron chi connectivity index (χ0n) is 59.8. The number of carbonyl (C=O) groups excluding carboxylic acids is 2. The predicted octanol–water partition coefficient (Wildman–Crippen LogP) is 22.8. The number of aliphatic hydroxyl groups is 1. The van der Waals surface area contributed by atoms with Gasteiger partial charge >= 0.3 is 23.9 Å². The number of hydrogen-bond donors (Lipinski definition) is 3. The third-order valence-corrected chi connectivity index (χ3v) is 29.7. The Hall–Kier alpha value is 1.07. The molecule has 8 nitrogen and oxygen atoms in total. The fourth-order valence-corrected chi connectivity index (χ4v) is 15.5. The summed E-state index contributed by atoms with van der Waals surface area (Å²) in [6.45, 7) is 41.5. The molecular weight excluding hydrogens is 1880 g/mol. The van der Waals surface area contributed by atoms with Crippen LogP contribution in [-0.2, 0) is 60.3 Å². The van der Waals surface area contributed by atoms with Gasteiger partial charge in [-0.1, -0.05) is 214 Å². The molecular formula is C70H110BrF9I4N2O6Si2V2-2. The Kier molecular flexibility index (Phi) is 42.6. The maximum Gasteiger partial charge on any atom is 0.455 e. The van der Waals surface area contributed by atoms with Crippen LogP contribution in [0.4, 0.5) is 39.5 Å². The number of carbonyl (C=O) groups is 2. The fraction of sp³-hybridized carbons (Fsp3) is 0.714. The molecule has 10 atom stereocenters. The number of halogens is 14. The quantitative estimate of drug-likeness (QED) is 0.0335. The number of rotatable bonds is 17. The Labute approximate surface area is 660 Å². The molecule has 6 unspecified atom stereocenters. The minimum absolute atomic E-state index is 0. The zero-order chi connectivity index (χ0) is 72.1. The largest absolute Gasteiger partial charge is 0.455 e. The molecule has 0 heterocycles. The van der Waals surface area contributed by atoms with Crippen LogP contribution in [0, 0.1) is 46.9 Å². The molecule has 4 saturated carbocycles. The SMILES string of the molecule is C=C1/C(=C\C=C2/CCC[C@]3(C)C([C@H](C)O)=CCC23)CC(C)CC1O[Si](C)(C)C(C)(C)C.C=C1/C(=C\C=C2/CCC[C@]3(C)C([C@H](C)OCC(=O)NCC(F)(F)C(C)(F)F)=CCC23)CC(C)CC1O[Si](C)(C)C(C)(C)C.IC(I)I.O=C(CBr)NCC(F)(F)C(F)(F)F.[CH2-]I.[CH3-].[V].[V]. The maximum atomic E-state index is 13.5. The Morgan fingerprint density at radius 2 is 1.04 bits per heavy atom. The summed E-state index contributed by atoms with van der Waals surface area (Å²) in [5.74, 6) is -13.2. The summed E-state index contributed by atoms with van der Waals surface area (Å²) < 4.78 is 132. The maximum absolute atomic E-state index is 13.5. The van der Waals surface area contributed by atoms with Crippen LogP contribution in [0.3, 0.4) is 0 Å². The van der Waals surface area contributed by atoms with E-state index in [9.17, 15) is 54.2 Å². The normalized spacial score (nSPS) is 27.2. The standard InChI is InChI=1S/C34H53F4NO3Si.C28H46O2Si.C5H5BrF5NO.CHI3.CH2I.CH3.2V/c1-22-18-26(23(2)29(19-22)42-43(9,10)31(4,5)6)14-13-25-12-11-17-32(7)27(15-16-28(25)32)24(3)41-20-30(40)39-21-34(37,38)33(8,35)36;1-19-17-23(20(2)26(18-19)30-31(8,9)27(4,5)6)13-12-22-11-10-16-28(7)24(21(3)29)14-15-25(22)28;6-1-3(13)12-2-4(7,8)5(9,10)11;2-1(3)4;1-2;;;/h13-15,22,24,28-29H,2,11-12,16-21H2,1,3-10H3,(H,39,40);12-14,19,21,25-26,29H,2,10-11,15-18H2,1,3-9H3;1-2H2,(H,12,13);1H;1H2;1H3;;/q;;;;2*-1;;/b25-13+,26-14-;22-12+,23-13-;;;;;;/t22?,24-,28?,29?,32+;19?,21-,25?,26?,28+;;;;;;/m00....../s1. The van der Waals surface area contributed by atoms with Gasteiger partial charge in [0.05, 0.1) is 42.8 Å². The molecule has 6 rings (SSSR count). The van der Waals surface area contributed by atoms with Crippen molar-refractivity contribution in [3.05, 3.63) is 107 Å². The molecule has 554 valence electrons. The first-order chi connectivity index (χ1) is 42.3. The molecule has 0 aromatic rings. The second-order valence-corrected chi connectivity index (χ2v) is 50.5. The van der Waals surface area contributed by atoms with Crippen molar-refractivity contribution in [1.82, 2.24) is 10.6 Å². The molecule has 0 spiro atoms. The Morgan fingerprint density at radius 3 is 1.39 bits per heavy atom. The minimum atomic E-state index is -5.63. The van der Waals surface area contributed by atoms with Gasteiger partial charge in [0.2, 0.25) is 11.8 Å². The van der Waals surface area contributed by atoms with Crippen LogP contribution in [0.2, 0.25) is 36.3 Å². The molecule has 0 bridgehead atoms. The summed E-state index contributed by atoms with van der Waals surface area (Å²) in [5.41, 5.74) is 10.3. The summed E-state index contributed by atoms with van der Waals surface area (Å²) in [4.78, 5) is 25.7. The first-order valence-corrected chi connectivity index (χ1v) is 44.2.